The molecular weight excluding hydrogens is 437 g/mol. The summed E-state index contributed by atoms with van der Waals surface area (Å²) in [5.41, 5.74) is 1.59. The van der Waals surface area contributed by atoms with Crippen molar-refractivity contribution in [3.05, 3.63) is 93.3 Å². The first-order valence-electron chi connectivity index (χ1n) is 9.63. The van der Waals surface area contributed by atoms with Crippen molar-refractivity contribution in [1.29, 1.82) is 0 Å². The van der Waals surface area contributed by atoms with E-state index in [9.17, 15) is 28.0 Å². The average Bonchev–Trinajstić information content (AvgIpc) is 2.74. The maximum Gasteiger partial charge on any atom is 0.293 e. The minimum absolute atomic E-state index is 0.00384. The Hall–Kier alpha value is -3.50. The molecule has 0 saturated heterocycles. The lowest BCUT2D eigenvalue weighted by Gasteiger charge is -2.15. The molecule has 3 aromatic carbocycles. The van der Waals surface area contributed by atoms with E-state index in [0.29, 0.717) is 11.3 Å². The van der Waals surface area contributed by atoms with E-state index in [0.717, 1.165) is 11.6 Å². The van der Waals surface area contributed by atoms with Gasteiger partial charge in [0.05, 0.1) is 21.6 Å². The summed E-state index contributed by atoms with van der Waals surface area (Å²) in [6, 6.07) is 14.2. The molecule has 1 atom stereocenters. The Kier molecular flexibility index (Phi) is 6.75. The van der Waals surface area contributed by atoms with Gasteiger partial charge in [0.15, 0.2) is 0 Å². The lowest BCUT2D eigenvalue weighted by Crippen LogP contribution is -2.16. The van der Waals surface area contributed by atoms with E-state index >= 15 is 0 Å². The zero-order valence-electron chi connectivity index (χ0n) is 17.4. The van der Waals surface area contributed by atoms with Crippen molar-refractivity contribution in [2.24, 2.45) is 0 Å². The first-order chi connectivity index (χ1) is 15.1. The molecule has 0 radical (unpaired) electrons. The molecule has 0 saturated carbocycles. The fourth-order valence-electron chi connectivity index (χ4n) is 3.17. The SMILES string of the molecule is Cc1ccc(NS(=O)(=O)c2ccc(NCC(O)c3ccccc3F)c([N+](=O)[O-])c2)c(C)c1. The summed E-state index contributed by atoms with van der Waals surface area (Å²) in [6.07, 6.45) is -1.26. The summed E-state index contributed by atoms with van der Waals surface area (Å²) in [6.45, 7) is 3.42. The van der Waals surface area contributed by atoms with Crippen LogP contribution in [-0.4, -0.2) is 25.0 Å². The van der Waals surface area contributed by atoms with Crippen molar-refractivity contribution in [2.75, 3.05) is 16.6 Å². The Morgan fingerprint density at radius 2 is 1.75 bits per heavy atom. The number of nitro benzene ring substituents is 1. The molecule has 0 aliphatic rings. The fourth-order valence-corrected chi connectivity index (χ4v) is 4.32. The molecule has 8 nitrogen and oxygen atoms in total. The van der Waals surface area contributed by atoms with Gasteiger partial charge >= 0.3 is 0 Å². The van der Waals surface area contributed by atoms with Gasteiger partial charge in [0.1, 0.15) is 11.5 Å². The number of nitrogens with zero attached hydrogens (tertiary/aromatic N) is 1. The third-order valence-electron chi connectivity index (χ3n) is 4.85. The number of hydrogen-bond donors (Lipinski definition) is 3. The number of sulfonamides is 1. The highest BCUT2D eigenvalue weighted by molar-refractivity contribution is 7.92. The zero-order chi connectivity index (χ0) is 23.5. The van der Waals surface area contributed by atoms with Gasteiger partial charge < -0.3 is 10.4 Å². The normalized spacial score (nSPS) is 12.2. The predicted octanol–water partition coefficient (Wildman–Crippen LogP) is 4.30. The molecule has 10 heteroatoms. The first kappa shape index (κ1) is 23.2. The zero-order valence-corrected chi connectivity index (χ0v) is 18.2. The van der Waals surface area contributed by atoms with Crippen molar-refractivity contribution in [3.63, 3.8) is 0 Å². The van der Waals surface area contributed by atoms with Gasteiger partial charge in [-0.1, -0.05) is 35.9 Å². The standard InChI is InChI=1S/C22H22FN3O5S/c1-14-7-9-19(15(2)11-14)25-32(30,31)16-8-10-20(21(12-16)26(28)29)24-13-22(27)17-5-3-4-6-18(17)23/h3-12,22,24-25,27H,13H2,1-2H3. The maximum atomic E-state index is 13.8. The van der Waals surface area contributed by atoms with Gasteiger partial charge in [0, 0.05) is 18.2 Å². The second-order valence-electron chi connectivity index (χ2n) is 7.28. The average molecular weight is 459 g/mol. The summed E-state index contributed by atoms with van der Waals surface area (Å²) in [4.78, 5) is 10.5. The highest BCUT2D eigenvalue weighted by Gasteiger charge is 2.23. The van der Waals surface area contributed by atoms with Crippen molar-refractivity contribution in [1.82, 2.24) is 0 Å². The van der Waals surface area contributed by atoms with Crippen LogP contribution in [0.4, 0.5) is 21.5 Å². The van der Waals surface area contributed by atoms with E-state index in [1.165, 1.54) is 30.3 Å². The van der Waals surface area contributed by atoms with Crippen LogP contribution >= 0.6 is 0 Å². The van der Waals surface area contributed by atoms with Gasteiger partial charge in [-0.3, -0.25) is 14.8 Å². The number of rotatable bonds is 8. The molecule has 1 unspecified atom stereocenters. The van der Waals surface area contributed by atoms with Gasteiger partial charge in [0.2, 0.25) is 0 Å². The number of halogens is 1. The van der Waals surface area contributed by atoms with Crippen LogP contribution in [0.3, 0.4) is 0 Å². The van der Waals surface area contributed by atoms with Crippen LogP contribution < -0.4 is 10.0 Å². The van der Waals surface area contributed by atoms with Crippen molar-refractivity contribution >= 4 is 27.1 Å². The molecule has 0 fully saturated rings. The second-order valence-corrected chi connectivity index (χ2v) is 8.96. The summed E-state index contributed by atoms with van der Waals surface area (Å²) < 4.78 is 41.8. The number of hydrogen-bond acceptors (Lipinski definition) is 6. The van der Waals surface area contributed by atoms with Crippen LogP contribution in [0.25, 0.3) is 0 Å². The number of nitro groups is 1. The van der Waals surface area contributed by atoms with Crippen LogP contribution in [-0.2, 0) is 10.0 Å². The van der Waals surface area contributed by atoms with Gasteiger partial charge in [-0.2, -0.15) is 0 Å². The number of benzene rings is 3. The fraction of sp³-hybridized carbons (Fsp3) is 0.182. The van der Waals surface area contributed by atoms with E-state index in [2.05, 4.69) is 10.0 Å². The number of aliphatic hydroxyl groups excluding tert-OH is 1. The minimum atomic E-state index is -4.08. The van der Waals surface area contributed by atoms with Crippen molar-refractivity contribution < 1.29 is 22.8 Å². The molecule has 0 aliphatic carbocycles. The molecule has 168 valence electrons. The van der Waals surface area contributed by atoms with E-state index in [1.54, 1.807) is 25.1 Å². The van der Waals surface area contributed by atoms with Crippen LogP contribution in [0, 0.1) is 29.8 Å². The molecule has 0 amide bonds. The Balaban J connectivity index is 1.84. The second kappa shape index (κ2) is 9.33. The third kappa shape index (κ3) is 5.21. The number of nitrogens with one attached hydrogen (secondary N) is 2. The number of aryl methyl sites for hydroxylation is 2. The summed E-state index contributed by atoms with van der Waals surface area (Å²) in [5, 5.41) is 24.4. The maximum absolute atomic E-state index is 13.8. The molecular formula is C22H22FN3O5S. The molecule has 0 spiro atoms. The van der Waals surface area contributed by atoms with E-state index in [4.69, 9.17) is 0 Å². The Labute approximate surface area is 184 Å². The summed E-state index contributed by atoms with van der Waals surface area (Å²) >= 11 is 0. The van der Waals surface area contributed by atoms with E-state index in [1.807, 2.05) is 13.0 Å². The van der Waals surface area contributed by atoms with Gasteiger partial charge in [-0.05, 0) is 43.7 Å². The molecule has 0 bridgehead atoms. The monoisotopic (exact) mass is 459 g/mol. The molecule has 3 rings (SSSR count). The molecule has 0 heterocycles. The molecule has 3 N–H and O–H groups in total. The predicted molar refractivity (Wildman–Crippen MR) is 120 cm³/mol. The van der Waals surface area contributed by atoms with Crippen LogP contribution in [0.2, 0.25) is 0 Å². The minimum Gasteiger partial charge on any atom is -0.386 e. The third-order valence-corrected chi connectivity index (χ3v) is 6.22. The lowest BCUT2D eigenvalue weighted by atomic mass is 10.1. The van der Waals surface area contributed by atoms with E-state index < -0.39 is 32.6 Å². The van der Waals surface area contributed by atoms with Gasteiger partial charge in [-0.25, -0.2) is 12.8 Å². The van der Waals surface area contributed by atoms with Crippen molar-refractivity contribution in [2.45, 2.75) is 24.8 Å². The summed E-state index contributed by atoms with van der Waals surface area (Å²) in [5.74, 6) is -0.602. The van der Waals surface area contributed by atoms with Gasteiger partial charge in [0.25, 0.3) is 15.7 Å². The molecule has 0 aliphatic heterocycles. The Bertz CT molecular complexity index is 1260. The number of aliphatic hydroxyl groups is 1. The van der Waals surface area contributed by atoms with Gasteiger partial charge in [-0.15, -0.1) is 0 Å². The van der Waals surface area contributed by atoms with Crippen LogP contribution in [0.15, 0.2) is 65.6 Å². The quantitative estimate of drug-likeness (QED) is 0.341. The van der Waals surface area contributed by atoms with Crippen LogP contribution in [0.5, 0.6) is 0 Å². The molecule has 32 heavy (non-hydrogen) atoms. The lowest BCUT2D eigenvalue weighted by molar-refractivity contribution is -0.384. The van der Waals surface area contributed by atoms with E-state index in [-0.39, 0.29) is 22.7 Å². The topological polar surface area (TPSA) is 122 Å². The largest absolute Gasteiger partial charge is 0.386 e. The molecule has 0 aromatic heterocycles. The number of anilines is 2. The Morgan fingerprint density at radius 1 is 1.06 bits per heavy atom. The van der Waals surface area contributed by atoms with Crippen LogP contribution in [0.1, 0.15) is 22.8 Å². The molecule has 3 aromatic rings. The smallest absolute Gasteiger partial charge is 0.293 e. The highest BCUT2D eigenvalue weighted by Crippen LogP contribution is 2.30. The highest BCUT2D eigenvalue weighted by atomic mass is 32.2. The summed E-state index contributed by atoms with van der Waals surface area (Å²) in [7, 11) is -4.08. The Morgan fingerprint density at radius 3 is 2.41 bits per heavy atom. The first-order valence-corrected chi connectivity index (χ1v) is 11.1. The van der Waals surface area contributed by atoms with Crippen molar-refractivity contribution in [3.8, 4) is 0 Å².